The highest BCUT2D eigenvalue weighted by molar-refractivity contribution is 5.84. The lowest BCUT2D eigenvalue weighted by Gasteiger charge is -2.39. The minimum Gasteiger partial charge on any atom is -0.493 e. The summed E-state index contributed by atoms with van der Waals surface area (Å²) in [6.45, 7) is 0.851. The fraction of sp³-hybridized carbons (Fsp3) is 0.409. The van der Waals surface area contributed by atoms with Gasteiger partial charge in [0.2, 0.25) is 12.5 Å². The molecule has 0 saturated carbocycles. The largest absolute Gasteiger partial charge is 0.493 e. The number of hydrogen-bond donors (Lipinski definition) is 1. The van der Waals surface area contributed by atoms with Crippen LogP contribution in [0.2, 0.25) is 0 Å². The molecule has 160 valence electrons. The van der Waals surface area contributed by atoms with Crippen LogP contribution in [0.3, 0.4) is 0 Å². The van der Waals surface area contributed by atoms with Gasteiger partial charge in [0.15, 0.2) is 29.3 Å². The number of rotatable bonds is 6. The fourth-order valence-electron chi connectivity index (χ4n) is 4.38. The van der Waals surface area contributed by atoms with Crippen molar-refractivity contribution in [1.29, 1.82) is 0 Å². The highest BCUT2D eigenvalue weighted by Crippen LogP contribution is 2.52. The van der Waals surface area contributed by atoms with Gasteiger partial charge in [-0.2, -0.15) is 0 Å². The number of carbonyl (C=O) groups excluding carboxylic acids is 1. The average Bonchev–Trinajstić information content (AvgIpc) is 3.24. The van der Waals surface area contributed by atoms with E-state index in [9.17, 15) is 9.90 Å². The molecule has 0 saturated heterocycles. The van der Waals surface area contributed by atoms with Gasteiger partial charge in [-0.1, -0.05) is 6.07 Å². The number of aldehydes is 1. The number of carbonyl (C=O) groups is 1. The van der Waals surface area contributed by atoms with Crippen LogP contribution < -0.4 is 23.7 Å². The Balaban J connectivity index is 1.88. The van der Waals surface area contributed by atoms with Crippen LogP contribution in [0, 0.1) is 0 Å². The zero-order valence-corrected chi connectivity index (χ0v) is 17.4. The summed E-state index contributed by atoms with van der Waals surface area (Å²) in [5, 5.41) is 11.5. The fourth-order valence-corrected chi connectivity index (χ4v) is 4.38. The number of benzene rings is 2. The molecule has 1 N–H and O–H groups in total. The second kappa shape index (κ2) is 8.04. The first-order valence-electron chi connectivity index (χ1n) is 9.63. The van der Waals surface area contributed by atoms with E-state index in [1.165, 1.54) is 14.2 Å². The van der Waals surface area contributed by atoms with Crippen LogP contribution in [0.1, 0.15) is 39.2 Å². The smallest absolute Gasteiger partial charge is 0.231 e. The monoisotopic (exact) mass is 415 g/mol. The average molecular weight is 415 g/mol. The molecule has 0 bridgehead atoms. The number of aliphatic hydroxyl groups is 1. The molecule has 0 fully saturated rings. The van der Waals surface area contributed by atoms with Crippen molar-refractivity contribution in [3.63, 3.8) is 0 Å². The molecule has 2 aromatic rings. The summed E-state index contributed by atoms with van der Waals surface area (Å²) < 4.78 is 27.6. The summed E-state index contributed by atoms with van der Waals surface area (Å²) in [5.74, 6) is 2.44. The summed E-state index contributed by atoms with van der Waals surface area (Å²) in [4.78, 5) is 14.0. The molecule has 0 amide bonds. The van der Waals surface area contributed by atoms with Crippen LogP contribution in [-0.2, 0) is 6.42 Å². The minimum absolute atomic E-state index is 0.128. The van der Waals surface area contributed by atoms with Gasteiger partial charge in [-0.05, 0) is 36.7 Å². The second-order valence-corrected chi connectivity index (χ2v) is 7.26. The lowest BCUT2D eigenvalue weighted by molar-refractivity contribution is 0.0533. The SMILES string of the molecule is COc1ccc(C(O)[C@H]2c3c(cc4c(c3OC)OCO4)CCN2C)c(C=O)c1OC. The van der Waals surface area contributed by atoms with Crippen molar-refractivity contribution in [1.82, 2.24) is 4.90 Å². The topological polar surface area (TPSA) is 86.7 Å². The molecule has 0 aliphatic carbocycles. The zero-order chi connectivity index (χ0) is 21.4. The molecule has 2 heterocycles. The summed E-state index contributed by atoms with van der Waals surface area (Å²) in [5.41, 5.74) is 2.55. The van der Waals surface area contributed by atoms with E-state index in [0.29, 0.717) is 40.6 Å². The Labute approximate surface area is 174 Å². The van der Waals surface area contributed by atoms with E-state index in [2.05, 4.69) is 0 Å². The van der Waals surface area contributed by atoms with Gasteiger partial charge in [-0.25, -0.2) is 0 Å². The van der Waals surface area contributed by atoms with Gasteiger partial charge >= 0.3 is 0 Å². The van der Waals surface area contributed by atoms with Crippen molar-refractivity contribution in [2.45, 2.75) is 18.6 Å². The second-order valence-electron chi connectivity index (χ2n) is 7.26. The van der Waals surface area contributed by atoms with Crippen molar-refractivity contribution in [3.8, 4) is 28.7 Å². The summed E-state index contributed by atoms with van der Waals surface area (Å²) in [7, 11) is 6.47. The summed E-state index contributed by atoms with van der Waals surface area (Å²) in [6, 6.07) is 4.86. The molecular weight excluding hydrogens is 390 g/mol. The molecule has 2 atom stereocenters. The molecule has 0 radical (unpaired) electrons. The Morgan fingerprint density at radius 2 is 1.93 bits per heavy atom. The Bertz CT molecular complexity index is 975. The minimum atomic E-state index is -1.02. The predicted octanol–water partition coefficient (Wildman–Crippen LogP) is 2.52. The number of fused-ring (bicyclic) bond motifs is 2. The number of hydrogen-bond acceptors (Lipinski definition) is 8. The van der Waals surface area contributed by atoms with Gasteiger partial charge in [0.25, 0.3) is 0 Å². The van der Waals surface area contributed by atoms with Crippen LogP contribution in [-0.4, -0.2) is 58.0 Å². The van der Waals surface area contributed by atoms with Crippen LogP contribution in [0.15, 0.2) is 18.2 Å². The first-order chi connectivity index (χ1) is 14.5. The molecule has 2 aromatic carbocycles. The molecular formula is C22H25NO7. The van der Waals surface area contributed by atoms with Crippen LogP contribution >= 0.6 is 0 Å². The maximum absolute atomic E-state index is 11.9. The zero-order valence-electron chi connectivity index (χ0n) is 17.4. The Morgan fingerprint density at radius 1 is 1.17 bits per heavy atom. The molecule has 2 aliphatic heterocycles. The normalized spacial score (nSPS) is 18.5. The maximum Gasteiger partial charge on any atom is 0.231 e. The van der Waals surface area contributed by atoms with Crippen molar-refractivity contribution in [2.75, 3.05) is 41.7 Å². The maximum atomic E-state index is 11.9. The third kappa shape index (κ3) is 3.03. The number of methoxy groups -OCH3 is 3. The van der Waals surface area contributed by atoms with E-state index < -0.39 is 12.1 Å². The third-order valence-corrected chi connectivity index (χ3v) is 5.81. The molecule has 0 aromatic heterocycles. The number of nitrogens with zero attached hydrogens (tertiary/aromatic N) is 1. The first kappa shape index (κ1) is 20.3. The molecule has 2 aliphatic rings. The lowest BCUT2D eigenvalue weighted by Crippen LogP contribution is -2.36. The van der Waals surface area contributed by atoms with Gasteiger partial charge in [-0.15, -0.1) is 0 Å². The number of ether oxygens (including phenoxy) is 5. The Kier molecular flexibility index (Phi) is 5.44. The molecule has 8 nitrogen and oxygen atoms in total. The number of aliphatic hydroxyl groups excluding tert-OH is 1. The predicted molar refractivity (Wildman–Crippen MR) is 108 cm³/mol. The molecule has 0 spiro atoms. The highest BCUT2D eigenvalue weighted by Gasteiger charge is 2.39. The first-order valence-corrected chi connectivity index (χ1v) is 9.63. The molecule has 8 heteroatoms. The Morgan fingerprint density at radius 3 is 2.60 bits per heavy atom. The van der Waals surface area contributed by atoms with E-state index in [0.717, 1.165) is 24.1 Å². The molecule has 4 rings (SSSR count). The van der Waals surface area contributed by atoms with E-state index in [1.54, 1.807) is 19.2 Å². The van der Waals surface area contributed by atoms with E-state index in [4.69, 9.17) is 23.7 Å². The molecule has 30 heavy (non-hydrogen) atoms. The molecule has 1 unspecified atom stereocenters. The van der Waals surface area contributed by atoms with Gasteiger partial charge in [0.05, 0.1) is 39.0 Å². The van der Waals surface area contributed by atoms with Crippen molar-refractivity contribution in [3.05, 3.63) is 40.5 Å². The third-order valence-electron chi connectivity index (χ3n) is 5.81. The highest BCUT2D eigenvalue weighted by atomic mass is 16.7. The quantitative estimate of drug-likeness (QED) is 0.721. The van der Waals surface area contributed by atoms with E-state index in [1.807, 2.05) is 18.0 Å². The van der Waals surface area contributed by atoms with E-state index in [-0.39, 0.29) is 12.4 Å². The van der Waals surface area contributed by atoms with Crippen LogP contribution in [0.4, 0.5) is 0 Å². The van der Waals surface area contributed by atoms with Crippen molar-refractivity contribution in [2.24, 2.45) is 0 Å². The van der Waals surface area contributed by atoms with Gasteiger partial charge in [0, 0.05) is 12.1 Å². The van der Waals surface area contributed by atoms with Crippen molar-refractivity contribution < 1.29 is 33.6 Å². The number of likely N-dealkylation sites (N-methyl/N-ethyl adjacent to an activating group) is 1. The van der Waals surface area contributed by atoms with Crippen LogP contribution in [0.25, 0.3) is 0 Å². The van der Waals surface area contributed by atoms with Crippen LogP contribution in [0.5, 0.6) is 28.7 Å². The standard InChI is InChI=1S/C22H25NO7/c1-23-8-7-12-9-16-21(30-11-29-16)22(28-4)17(12)18(23)19(25)13-5-6-15(26-2)20(27-3)14(13)10-24/h5-6,9-10,18-19,25H,7-8,11H2,1-4H3/t18-,19?/m1/s1. The lowest BCUT2D eigenvalue weighted by atomic mass is 9.84. The summed E-state index contributed by atoms with van der Waals surface area (Å²) in [6.07, 6.45) is 0.429. The van der Waals surface area contributed by atoms with Gasteiger partial charge in [0.1, 0.15) is 0 Å². The van der Waals surface area contributed by atoms with E-state index >= 15 is 0 Å². The van der Waals surface area contributed by atoms with Gasteiger partial charge < -0.3 is 28.8 Å². The van der Waals surface area contributed by atoms with Gasteiger partial charge in [-0.3, -0.25) is 9.69 Å². The Hall–Kier alpha value is -2.97. The van der Waals surface area contributed by atoms with Crippen molar-refractivity contribution >= 4 is 6.29 Å². The summed E-state index contributed by atoms with van der Waals surface area (Å²) >= 11 is 0.